The van der Waals surface area contributed by atoms with Gasteiger partial charge in [-0.25, -0.2) is 9.78 Å². The van der Waals surface area contributed by atoms with Crippen molar-refractivity contribution in [2.24, 2.45) is 5.73 Å². The first kappa shape index (κ1) is 61.6. The first-order valence-corrected chi connectivity index (χ1v) is 29.7. The number of ether oxygens (including phenoxy) is 2. The molecule has 1 amide bonds. The first-order valence-electron chi connectivity index (χ1n) is 28.6. The van der Waals surface area contributed by atoms with Crippen molar-refractivity contribution in [3.63, 3.8) is 0 Å². The lowest BCUT2D eigenvalue weighted by Gasteiger charge is -2.11. The zero-order valence-corrected chi connectivity index (χ0v) is 51.8. The second-order valence-corrected chi connectivity index (χ2v) is 21.9. The van der Waals surface area contributed by atoms with E-state index in [0.717, 1.165) is 81.8 Å². The van der Waals surface area contributed by atoms with Gasteiger partial charge in [-0.15, -0.1) is 0 Å². The summed E-state index contributed by atoms with van der Waals surface area (Å²) in [5.74, 6) is 10.5. The van der Waals surface area contributed by atoms with Crippen LogP contribution in [0.3, 0.4) is 0 Å². The number of aryl methyl sites for hydroxylation is 5. The molecule has 0 fully saturated rings. The number of aromatic amines is 2. The molecule has 4 N–H and O–H groups in total. The number of benzene rings is 5. The van der Waals surface area contributed by atoms with Gasteiger partial charge in [-0.3, -0.25) is 19.2 Å². The number of hydrogen-bond donors (Lipinski definition) is 3. The molecule has 0 saturated heterocycles. The highest BCUT2D eigenvalue weighted by Crippen LogP contribution is 2.34. The topological polar surface area (TPSA) is 188 Å². The van der Waals surface area contributed by atoms with E-state index in [1.807, 2.05) is 147 Å². The monoisotopic (exact) mass is 1270 g/mol. The predicted molar refractivity (Wildman–Crippen MR) is 350 cm³/mol. The van der Waals surface area contributed by atoms with Crippen LogP contribution in [0.25, 0.3) is 16.6 Å². The summed E-state index contributed by atoms with van der Waals surface area (Å²) in [6, 6.07) is 48.1. The van der Waals surface area contributed by atoms with Gasteiger partial charge in [0.15, 0.2) is 6.61 Å². The number of amides is 1. The number of hydrogen-bond acceptors (Lipinski definition) is 8. The Morgan fingerprint density at radius 1 is 0.563 bits per heavy atom. The van der Waals surface area contributed by atoms with E-state index in [1.54, 1.807) is 17.5 Å². The Kier molecular flexibility index (Phi) is 20.0. The number of Topliss-reactive ketones (excluding diaryl/α,β-unsaturated/α-hetero) is 1. The third-order valence-electron chi connectivity index (χ3n) is 14.8. The average molecular weight is 1270 g/mol. The third kappa shape index (κ3) is 14.4. The van der Waals surface area contributed by atoms with E-state index in [9.17, 15) is 24.0 Å². The van der Waals surface area contributed by atoms with E-state index in [1.165, 1.54) is 38.6 Å². The minimum absolute atomic E-state index is 0.0151. The van der Waals surface area contributed by atoms with Gasteiger partial charge in [0.1, 0.15) is 16.6 Å². The van der Waals surface area contributed by atoms with E-state index >= 15 is 0 Å². The Morgan fingerprint density at radius 3 is 1.49 bits per heavy atom. The van der Waals surface area contributed by atoms with Gasteiger partial charge in [0.2, 0.25) is 5.88 Å². The molecular formula is C72H66IN7O7. The number of halogens is 1. The molecular weight excluding hydrogens is 1200 g/mol. The second kappa shape index (κ2) is 28.3. The molecule has 6 aromatic heterocycles. The number of fused-ring (bicyclic) bond motifs is 3. The zero-order valence-electron chi connectivity index (χ0n) is 49.6. The van der Waals surface area contributed by atoms with Gasteiger partial charge in [-0.1, -0.05) is 135 Å². The molecule has 0 atom stereocenters. The van der Waals surface area contributed by atoms with Crippen molar-refractivity contribution in [1.29, 1.82) is 0 Å². The van der Waals surface area contributed by atoms with Crippen LogP contribution >= 0.6 is 22.6 Å². The molecule has 0 unspecified atom stereocenters. The largest absolute Gasteiger partial charge is 0.466 e. The van der Waals surface area contributed by atoms with Gasteiger partial charge in [0, 0.05) is 92.1 Å². The van der Waals surface area contributed by atoms with Crippen LogP contribution < -0.4 is 21.6 Å². The molecule has 0 aliphatic rings. The standard InChI is InChI=1S/C30H27N3O5.C25H22N2O.C17H17IN2O/c1-4-23-24(16-22-13-9-8-12-21(22)15-14-20-10-6-5-7-11-20)33-17-19(2)32-30(38-18-25(34)37-3)27(33)26(23)28(35)29(31)36;1-3-20-15-24-25(28)26-18(2)17-27(24)23(20)16-22-12-8-7-11-21(22)14-13-19-9-5-4-6-10-19;1-3-12-8-16-17(21)19-11(2)10-20(16)15(12)9-13-6-4-5-7-14(13)18/h5-13,17H,4,16,18H2,1-3H3,(H2,31,36);4-12,15,17H,3,16H2,1-2H3,(H,26,28);4-8,10H,3,9H2,1-2H3,(H,19,21). The maximum absolute atomic E-state index is 13.1. The highest BCUT2D eigenvalue weighted by Gasteiger charge is 2.29. The van der Waals surface area contributed by atoms with Crippen LogP contribution in [0, 0.1) is 48.0 Å². The highest BCUT2D eigenvalue weighted by molar-refractivity contribution is 14.1. The van der Waals surface area contributed by atoms with Crippen molar-refractivity contribution in [3.8, 4) is 29.6 Å². The van der Waals surface area contributed by atoms with E-state index in [2.05, 4.69) is 121 Å². The van der Waals surface area contributed by atoms with Crippen LogP contribution in [-0.2, 0) is 52.9 Å². The number of carbonyl (C=O) groups is 3. The molecule has 0 saturated carbocycles. The molecule has 0 spiro atoms. The quantitative estimate of drug-likeness (QED) is 0.0315. The smallest absolute Gasteiger partial charge is 0.343 e. The lowest BCUT2D eigenvalue weighted by Crippen LogP contribution is -2.24. The predicted octanol–water partition coefficient (Wildman–Crippen LogP) is 11.6. The SMILES string of the molecule is CCc1c(C(=O)C(N)=O)c2c(OCC(=O)OC)nc(C)cn2c1Cc1ccccc1C#Cc1ccccc1.CCc1cc2c(=O)[nH]c(C)cn2c1Cc1ccccc1C#Cc1ccccc1.CCc1cc2c(=O)[nH]c(C)cn2c1Cc1ccccc1I. The number of H-pyrrole nitrogens is 2. The number of carbonyl (C=O) groups excluding carboxylic acids is 3. The number of nitrogens with zero attached hydrogens (tertiary/aromatic N) is 4. The maximum atomic E-state index is 13.1. The number of nitrogens with two attached hydrogens (primary N) is 1. The maximum Gasteiger partial charge on any atom is 0.343 e. The molecule has 11 aromatic rings. The van der Waals surface area contributed by atoms with Crippen molar-refractivity contribution < 1.29 is 23.9 Å². The Morgan fingerprint density at radius 2 is 1.02 bits per heavy atom. The first-order chi connectivity index (χ1) is 42.1. The summed E-state index contributed by atoms with van der Waals surface area (Å²) in [6.07, 6.45) is 10.0. The van der Waals surface area contributed by atoms with Crippen LogP contribution in [0.2, 0.25) is 0 Å². The molecule has 11 rings (SSSR count). The minimum Gasteiger partial charge on any atom is -0.466 e. The van der Waals surface area contributed by atoms with Crippen molar-refractivity contribution in [2.75, 3.05) is 13.7 Å². The number of methoxy groups -OCH3 is 1. The molecule has 87 heavy (non-hydrogen) atoms. The molecule has 0 bridgehead atoms. The van der Waals surface area contributed by atoms with E-state index < -0.39 is 24.3 Å². The van der Waals surface area contributed by atoms with Crippen molar-refractivity contribution >= 4 is 56.8 Å². The van der Waals surface area contributed by atoms with E-state index in [-0.39, 0.29) is 28.1 Å². The molecule has 0 aliphatic carbocycles. The van der Waals surface area contributed by atoms with Crippen molar-refractivity contribution in [2.45, 2.75) is 80.1 Å². The van der Waals surface area contributed by atoms with Gasteiger partial charge in [0.05, 0.1) is 18.4 Å². The molecule has 6 heterocycles. The van der Waals surface area contributed by atoms with Crippen molar-refractivity contribution in [3.05, 3.63) is 284 Å². The van der Waals surface area contributed by atoms with Crippen LogP contribution in [0.1, 0.15) is 121 Å². The number of esters is 1. The molecule has 5 aromatic carbocycles. The Labute approximate surface area is 518 Å². The van der Waals surface area contributed by atoms with Gasteiger partial charge in [-0.05, 0) is 151 Å². The number of ketones is 1. The fourth-order valence-electron chi connectivity index (χ4n) is 10.6. The summed E-state index contributed by atoms with van der Waals surface area (Å²) < 4.78 is 17.5. The van der Waals surface area contributed by atoms with Crippen molar-refractivity contribution in [1.82, 2.24) is 28.2 Å². The molecule has 0 aliphatic heterocycles. The molecule has 438 valence electrons. The summed E-state index contributed by atoms with van der Waals surface area (Å²) in [7, 11) is 1.25. The van der Waals surface area contributed by atoms with Gasteiger partial charge < -0.3 is 38.4 Å². The van der Waals surface area contributed by atoms with Crippen LogP contribution in [0.15, 0.2) is 174 Å². The van der Waals surface area contributed by atoms with E-state index in [0.29, 0.717) is 29.6 Å². The Balaban J connectivity index is 0.000000163. The summed E-state index contributed by atoms with van der Waals surface area (Å²) in [5.41, 5.74) is 22.9. The van der Waals surface area contributed by atoms with E-state index in [4.69, 9.17) is 10.5 Å². The summed E-state index contributed by atoms with van der Waals surface area (Å²) in [4.78, 5) is 71.6. The van der Waals surface area contributed by atoms with Crippen LogP contribution in [0.5, 0.6) is 5.88 Å². The van der Waals surface area contributed by atoms with Crippen LogP contribution in [0.4, 0.5) is 0 Å². The number of rotatable bonds is 14. The van der Waals surface area contributed by atoms with Gasteiger partial charge in [0.25, 0.3) is 22.8 Å². The van der Waals surface area contributed by atoms with Gasteiger partial charge >= 0.3 is 5.97 Å². The third-order valence-corrected chi connectivity index (χ3v) is 15.9. The number of aromatic nitrogens is 6. The van der Waals surface area contributed by atoms with Gasteiger partial charge in [-0.2, -0.15) is 0 Å². The second-order valence-electron chi connectivity index (χ2n) is 20.8. The summed E-state index contributed by atoms with van der Waals surface area (Å²) in [6.45, 7) is 11.3. The summed E-state index contributed by atoms with van der Waals surface area (Å²) >= 11 is 2.37. The Hall–Kier alpha value is -9.97. The fourth-order valence-corrected chi connectivity index (χ4v) is 11.2. The lowest BCUT2D eigenvalue weighted by atomic mass is 9.97. The average Bonchev–Trinajstić information content (AvgIpc) is 1.79. The number of nitrogens with one attached hydrogen (secondary N) is 2. The van der Waals surface area contributed by atoms with Crippen LogP contribution in [-0.4, -0.2) is 59.5 Å². The molecule has 14 nitrogen and oxygen atoms in total. The Bertz CT molecular complexity index is 4620. The minimum atomic E-state index is -1.09. The summed E-state index contributed by atoms with van der Waals surface area (Å²) in [5, 5.41) is 0. The zero-order chi connectivity index (χ0) is 61.7. The molecule has 0 radical (unpaired) electrons. The number of primary amides is 1. The lowest BCUT2D eigenvalue weighted by molar-refractivity contribution is -0.143. The molecule has 15 heteroatoms. The normalized spacial score (nSPS) is 10.7. The fraction of sp³-hybridized carbons (Fsp3) is 0.194. The highest BCUT2D eigenvalue weighted by atomic mass is 127.